The number of hydrogen-bond donors (Lipinski definition) is 1. The highest BCUT2D eigenvalue weighted by Crippen LogP contribution is 2.33. The summed E-state index contributed by atoms with van der Waals surface area (Å²) in [4.78, 5) is 0. The number of methoxy groups -OCH3 is 1. The van der Waals surface area contributed by atoms with E-state index in [1.54, 1.807) is 13.0 Å². The van der Waals surface area contributed by atoms with E-state index >= 15 is 0 Å². The molecule has 1 heterocycles. The molecule has 0 spiro atoms. The molecule has 0 aliphatic carbocycles. The predicted octanol–water partition coefficient (Wildman–Crippen LogP) is 2.50. The number of benzene rings is 1. The molecular formula is C11H10FNO3. The van der Waals surface area contributed by atoms with Crippen LogP contribution in [0.2, 0.25) is 0 Å². The fourth-order valence-electron chi connectivity index (χ4n) is 1.36. The van der Waals surface area contributed by atoms with Gasteiger partial charge in [0.15, 0.2) is 17.2 Å². The summed E-state index contributed by atoms with van der Waals surface area (Å²) in [5, 5.41) is 13.2. The van der Waals surface area contributed by atoms with Crippen LogP contribution in [-0.2, 0) is 0 Å². The quantitative estimate of drug-likeness (QED) is 0.849. The topological polar surface area (TPSA) is 55.5 Å². The molecule has 0 saturated heterocycles. The van der Waals surface area contributed by atoms with Crippen LogP contribution >= 0.6 is 0 Å². The van der Waals surface area contributed by atoms with Gasteiger partial charge in [-0.3, -0.25) is 0 Å². The minimum atomic E-state index is -0.525. The molecule has 0 radical (unpaired) electrons. The highest BCUT2D eigenvalue weighted by atomic mass is 19.1. The van der Waals surface area contributed by atoms with E-state index in [-0.39, 0.29) is 22.8 Å². The van der Waals surface area contributed by atoms with Crippen molar-refractivity contribution < 1.29 is 18.8 Å². The number of ether oxygens (including phenoxy) is 1. The Kier molecular flexibility index (Phi) is 2.52. The second kappa shape index (κ2) is 3.84. The largest absolute Gasteiger partial charge is 0.503 e. The maximum absolute atomic E-state index is 13.6. The molecule has 2 rings (SSSR count). The Labute approximate surface area is 91.3 Å². The van der Waals surface area contributed by atoms with Crippen molar-refractivity contribution in [3.8, 4) is 22.8 Å². The number of nitrogens with zero attached hydrogens (tertiary/aromatic N) is 1. The van der Waals surface area contributed by atoms with E-state index in [4.69, 9.17) is 9.26 Å². The molecule has 16 heavy (non-hydrogen) atoms. The van der Waals surface area contributed by atoms with Crippen LogP contribution < -0.4 is 4.74 Å². The van der Waals surface area contributed by atoms with Gasteiger partial charge in [0, 0.05) is 18.6 Å². The van der Waals surface area contributed by atoms with E-state index in [1.807, 2.05) is 0 Å². The summed E-state index contributed by atoms with van der Waals surface area (Å²) >= 11 is 0. The second-order valence-corrected chi connectivity index (χ2v) is 3.28. The predicted molar refractivity (Wildman–Crippen MR) is 54.9 cm³/mol. The Morgan fingerprint density at radius 2 is 2.19 bits per heavy atom. The Hall–Kier alpha value is -2.04. The summed E-state index contributed by atoms with van der Waals surface area (Å²) in [6.45, 7) is 1.55. The van der Waals surface area contributed by atoms with Crippen LogP contribution in [0.15, 0.2) is 22.7 Å². The van der Waals surface area contributed by atoms with Crippen molar-refractivity contribution in [2.24, 2.45) is 0 Å². The van der Waals surface area contributed by atoms with E-state index < -0.39 is 5.82 Å². The van der Waals surface area contributed by atoms with E-state index in [1.165, 1.54) is 19.2 Å². The molecule has 2 aromatic rings. The van der Waals surface area contributed by atoms with Crippen LogP contribution in [0.5, 0.6) is 11.5 Å². The fourth-order valence-corrected chi connectivity index (χ4v) is 1.36. The van der Waals surface area contributed by atoms with Crippen LogP contribution in [0.25, 0.3) is 11.3 Å². The molecule has 0 fully saturated rings. The first-order valence-corrected chi connectivity index (χ1v) is 4.62. The van der Waals surface area contributed by atoms with Crippen LogP contribution in [0.4, 0.5) is 4.39 Å². The molecule has 84 valence electrons. The first-order valence-electron chi connectivity index (χ1n) is 4.62. The van der Waals surface area contributed by atoms with E-state index in [2.05, 4.69) is 5.16 Å². The Morgan fingerprint density at radius 3 is 2.69 bits per heavy atom. The zero-order chi connectivity index (χ0) is 11.7. The maximum atomic E-state index is 13.6. The van der Waals surface area contributed by atoms with Crippen LogP contribution in [-0.4, -0.2) is 17.4 Å². The van der Waals surface area contributed by atoms with Gasteiger partial charge in [0.05, 0.1) is 7.11 Å². The molecule has 0 unspecified atom stereocenters. The van der Waals surface area contributed by atoms with Gasteiger partial charge in [-0.1, -0.05) is 5.16 Å². The number of hydrogen-bond acceptors (Lipinski definition) is 4. The highest BCUT2D eigenvalue weighted by Gasteiger charge is 2.17. The number of aromatic hydroxyl groups is 1. The van der Waals surface area contributed by atoms with Gasteiger partial charge < -0.3 is 14.4 Å². The molecule has 0 atom stereocenters. The van der Waals surface area contributed by atoms with Gasteiger partial charge in [-0.05, 0) is 12.1 Å². The first-order chi connectivity index (χ1) is 7.63. The number of halogens is 1. The fraction of sp³-hybridized carbons (Fsp3) is 0.182. The molecule has 1 aromatic carbocycles. The van der Waals surface area contributed by atoms with E-state index in [0.717, 1.165) is 0 Å². The standard InChI is InChI=1S/C11H10FNO3/c1-6-11(14)10(13-16-6)8-4-3-7(15-2)5-9(8)12/h3-5,14H,1-2H3. The lowest BCUT2D eigenvalue weighted by atomic mass is 10.1. The minimum Gasteiger partial charge on any atom is -0.503 e. The van der Waals surface area contributed by atoms with Crippen molar-refractivity contribution in [2.75, 3.05) is 7.11 Å². The minimum absolute atomic E-state index is 0.0950. The molecule has 0 amide bonds. The van der Waals surface area contributed by atoms with Gasteiger partial charge in [0.1, 0.15) is 11.6 Å². The summed E-state index contributed by atoms with van der Waals surface area (Å²) in [5.41, 5.74) is 0.271. The molecule has 0 aliphatic heterocycles. The molecule has 1 aromatic heterocycles. The third-order valence-electron chi connectivity index (χ3n) is 2.26. The van der Waals surface area contributed by atoms with Gasteiger partial charge in [0.25, 0.3) is 0 Å². The molecule has 0 bridgehead atoms. The summed E-state index contributed by atoms with van der Waals surface area (Å²) in [6.07, 6.45) is 0. The van der Waals surface area contributed by atoms with Crippen molar-refractivity contribution in [1.29, 1.82) is 0 Å². The van der Waals surface area contributed by atoms with Gasteiger partial charge in [-0.2, -0.15) is 0 Å². The normalized spacial score (nSPS) is 10.4. The average Bonchev–Trinajstić information content (AvgIpc) is 2.60. The Balaban J connectivity index is 2.52. The maximum Gasteiger partial charge on any atom is 0.186 e. The summed E-state index contributed by atoms with van der Waals surface area (Å²) in [7, 11) is 1.45. The average molecular weight is 223 g/mol. The van der Waals surface area contributed by atoms with Crippen molar-refractivity contribution in [2.45, 2.75) is 6.92 Å². The lowest BCUT2D eigenvalue weighted by molar-refractivity contribution is 0.384. The molecule has 1 N–H and O–H groups in total. The zero-order valence-corrected chi connectivity index (χ0v) is 8.82. The number of aryl methyl sites for hydroxylation is 1. The summed E-state index contributed by atoms with van der Waals surface area (Å²) < 4.78 is 23.3. The van der Waals surface area contributed by atoms with Gasteiger partial charge in [-0.15, -0.1) is 0 Å². The third-order valence-corrected chi connectivity index (χ3v) is 2.26. The van der Waals surface area contributed by atoms with Crippen LogP contribution in [0, 0.1) is 12.7 Å². The molecular weight excluding hydrogens is 213 g/mol. The van der Waals surface area contributed by atoms with E-state index in [9.17, 15) is 9.50 Å². The summed E-state index contributed by atoms with van der Waals surface area (Å²) in [6, 6.07) is 4.28. The summed E-state index contributed by atoms with van der Waals surface area (Å²) in [5.74, 6) is -0.0156. The monoisotopic (exact) mass is 223 g/mol. The number of rotatable bonds is 2. The van der Waals surface area contributed by atoms with Crippen molar-refractivity contribution >= 4 is 0 Å². The van der Waals surface area contributed by atoms with Crippen molar-refractivity contribution in [1.82, 2.24) is 5.16 Å². The molecule has 0 aliphatic rings. The Morgan fingerprint density at radius 1 is 1.44 bits per heavy atom. The molecule has 0 saturated carbocycles. The van der Waals surface area contributed by atoms with Crippen LogP contribution in [0.1, 0.15) is 5.76 Å². The van der Waals surface area contributed by atoms with E-state index in [0.29, 0.717) is 5.75 Å². The molecule has 4 nitrogen and oxygen atoms in total. The smallest absolute Gasteiger partial charge is 0.186 e. The van der Waals surface area contributed by atoms with Crippen molar-refractivity contribution in [3.63, 3.8) is 0 Å². The number of aromatic nitrogens is 1. The van der Waals surface area contributed by atoms with Gasteiger partial charge >= 0.3 is 0 Å². The van der Waals surface area contributed by atoms with Crippen LogP contribution in [0.3, 0.4) is 0 Å². The Bertz CT molecular complexity index is 522. The highest BCUT2D eigenvalue weighted by molar-refractivity contribution is 5.67. The van der Waals surface area contributed by atoms with Gasteiger partial charge in [-0.25, -0.2) is 4.39 Å². The second-order valence-electron chi connectivity index (χ2n) is 3.28. The third kappa shape index (κ3) is 1.60. The lowest BCUT2D eigenvalue weighted by Gasteiger charge is -2.02. The SMILES string of the molecule is COc1ccc(-c2noc(C)c2O)c(F)c1. The van der Waals surface area contributed by atoms with Crippen molar-refractivity contribution in [3.05, 3.63) is 29.8 Å². The molecule has 5 heteroatoms. The zero-order valence-electron chi connectivity index (χ0n) is 8.82. The lowest BCUT2D eigenvalue weighted by Crippen LogP contribution is -1.88. The first kappa shape index (κ1) is 10.5. The van der Waals surface area contributed by atoms with Gasteiger partial charge in [0.2, 0.25) is 0 Å².